The second-order valence-corrected chi connectivity index (χ2v) is 4.83. The average Bonchev–Trinajstić information content (AvgIpc) is 2.75. The van der Waals surface area contributed by atoms with Gasteiger partial charge in [0.05, 0.1) is 0 Å². The lowest BCUT2D eigenvalue weighted by Crippen LogP contribution is -1.90. The molecule has 4 heteroatoms. The Morgan fingerprint density at radius 3 is 2.59 bits per heavy atom. The van der Waals surface area contributed by atoms with E-state index in [1.165, 1.54) is 0 Å². The van der Waals surface area contributed by atoms with E-state index in [4.69, 9.17) is 0 Å². The molecule has 2 aromatic heterocycles. The van der Waals surface area contributed by atoms with Gasteiger partial charge < -0.3 is 0 Å². The Balaban J connectivity index is 2.24. The van der Waals surface area contributed by atoms with E-state index in [0.29, 0.717) is 0 Å². The number of rotatable bonds is 1. The first kappa shape index (κ1) is 10.5. The van der Waals surface area contributed by atoms with Crippen LogP contribution in [-0.4, -0.2) is 14.6 Å². The lowest BCUT2D eigenvalue weighted by molar-refractivity contribution is 1.11. The second-order valence-electron chi connectivity index (χ2n) is 3.92. The Morgan fingerprint density at radius 1 is 1.06 bits per heavy atom. The van der Waals surface area contributed by atoms with Crippen LogP contribution in [0, 0.1) is 6.92 Å². The van der Waals surface area contributed by atoms with Crippen molar-refractivity contribution in [2.45, 2.75) is 6.92 Å². The molecule has 0 aliphatic carbocycles. The third-order valence-electron chi connectivity index (χ3n) is 2.73. The van der Waals surface area contributed by atoms with Gasteiger partial charge in [0.2, 0.25) is 0 Å². The minimum Gasteiger partial charge on any atom is -0.282 e. The Hall–Kier alpha value is -1.68. The van der Waals surface area contributed by atoms with Gasteiger partial charge in [-0.3, -0.25) is 4.40 Å². The molecule has 0 bridgehead atoms. The molecular formula is C13H10BrN3. The van der Waals surface area contributed by atoms with Crippen molar-refractivity contribution in [2.24, 2.45) is 0 Å². The maximum absolute atomic E-state index is 4.25. The molecular weight excluding hydrogens is 278 g/mol. The summed E-state index contributed by atoms with van der Waals surface area (Å²) >= 11 is 3.43. The van der Waals surface area contributed by atoms with Gasteiger partial charge >= 0.3 is 0 Å². The van der Waals surface area contributed by atoms with Crippen molar-refractivity contribution in [2.75, 3.05) is 0 Å². The molecule has 0 amide bonds. The fourth-order valence-corrected chi connectivity index (χ4v) is 2.11. The summed E-state index contributed by atoms with van der Waals surface area (Å²) in [5.74, 6) is 0.871. The van der Waals surface area contributed by atoms with E-state index >= 15 is 0 Å². The van der Waals surface area contributed by atoms with E-state index in [1.807, 2.05) is 53.9 Å². The summed E-state index contributed by atoms with van der Waals surface area (Å²) in [5.41, 5.74) is 3.10. The molecule has 0 saturated carbocycles. The molecule has 3 nitrogen and oxygen atoms in total. The maximum atomic E-state index is 4.25. The number of nitrogens with zero attached hydrogens (tertiary/aromatic N) is 3. The number of hydrogen-bond acceptors (Lipinski definition) is 2. The quantitative estimate of drug-likeness (QED) is 0.686. The number of fused-ring (bicyclic) bond motifs is 1. The molecule has 0 aliphatic heterocycles. The highest BCUT2D eigenvalue weighted by Gasteiger charge is 2.08. The van der Waals surface area contributed by atoms with Crippen LogP contribution < -0.4 is 0 Å². The molecule has 0 aliphatic rings. The van der Waals surface area contributed by atoms with Gasteiger partial charge in [-0.05, 0) is 30.7 Å². The SMILES string of the molecule is Cc1cccn2c(-c3ccc(Br)cc3)nnc12. The molecule has 2 heterocycles. The monoisotopic (exact) mass is 287 g/mol. The van der Waals surface area contributed by atoms with Crippen molar-refractivity contribution in [3.8, 4) is 11.4 Å². The molecule has 0 fully saturated rings. The van der Waals surface area contributed by atoms with Gasteiger partial charge in [-0.25, -0.2) is 0 Å². The van der Waals surface area contributed by atoms with Crippen LogP contribution in [0.25, 0.3) is 17.0 Å². The van der Waals surface area contributed by atoms with E-state index in [0.717, 1.165) is 27.1 Å². The highest BCUT2D eigenvalue weighted by molar-refractivity contribution is 9.10. The first-order valence-corrected chi connectivity index (χ1v) is 6.11. The average molecular weight is 288 g/mol. The minimum absolute atomic E-state index is 0.871. The van der Waals surface area contributed by atoms with Crippen molar-refractivity contribution < 1.29 is 0 Å². The summed E-state index contributed by atoms with van der Waals surface area (Å²) < 4.78 is 3.07. The Labute approximate surface area is 107 Å². The Kier molecular flexibility index (Phi) is 2.44. The fraction of sp³-hybridized carbons (Fsp3) is 0.0769. The summed E-state index contributed by atoms with van der Waals surface area (Å²) in [6, 6.07) is 12.1. The third kappa shape index (κ3) is 1.74. The standard InChI is InChI=1S/C13H10BrN3/c1-9-3-2-8-17-12(9)15-16-13(17)10-4-6-11(14)7-5-10/h2-8H,1H3. The van der Waals surface area contributed by atoms with Crippen LogP contribution in [0.3, 0.4) is 0 Å². The lowest BCUT2D eigenvalue weighted by Gasteiger charge is -2.01. The largest absolute Gasteiger partial charge is 0.282 e. The molecule has 1 aromatic carbocycles. The fourth-order valence-electron chi connectivity index (χ4n) is 1.85. The van der Waals surface area contributed by atoms with E-state index < -0.39 is 0 Å². The van der Waals surface area contributed by atoms with E-state index in [9.17, 15) is 0 Å². The summed E-state index contributed by atoms with van der Waals surface area (Å²) in [4.78, 5) is 0. The van der Waals surface area contributed by atoms with Gasteiger partial charge in [0.15, 0.2) is 11.5 Å². The molecule has 0 atom stereocenters. The summed E-state index contributed by atoms with van der Waals surface area (Å²) in [7, 11) is 0. The molecule has 0 N–H and O–H groups in total. The first-order valence-electron chi connectivity index (χ1n) is 5.32. The van der Waals surface area contributed by atoms with Gasteiger partial charge in [-0.15, -0.1) is 10.2 Å². The number of hydrogen-bond donors (Lipinski definition) is 0. The molecule has 0 radical (unpaired) electrons. The van der Waals surface area contributed by atoms with Crippen molar-refractivity contribution in [1.29, 1.82) is 0 Å². The molecule has 17 heavy (non-hydrogen) atoms. The predicted molar refractivity (Wildman–Crippen MR) is 70.9 cm³/mol. The van der Waals surface area contributed by atoms with Crippen molar-refractivity contribution in [3.05, 3.63) is 52.6 Å². The topological polar surface area (TPSA) is 30.2 Å². The Morgan fingerprint density at radius 2 is 1.82 bits per heavy atom. The van der Waals surface area contributed by atoms with Crippen molar-refractivity contribution >= 4 is 21.6 Å². The Bertz CT molecular complexity index is 671. The predicted octanol–water partition coefficient (Wildman–Crippen LogP) is 3.47. The normalized spacial score (nSPS) is 10.9. The number of pyridine rings is 1. The van der Waals surface area contributed by atoms with E-state index in [1.54, 1.807) is 0 Å². The van der Waals surface area contributed by atoms with Gasteiger partial charge in [0.1, 0.15) is 0 Å². The number of aromatic nitrogens is 3. The molecule has 3 rings (SSSR count). The number of aryl methyl sites for hydroxylation is 1. The van der Waals surface area contributed by atoms with Crippen molar-refractivity contribution in [3.63, 3.8) is 0 Å². The van der Waals surface area contributed by atoms with E-state index in [2.05, 4.69) is 26.1 Å². The molecule has 0 spiro atoms. The smallest absolute Gasteiger partial charge is 0.168 e. The molecule has 3 aromatic rings. The van der Waals surface area contributed by atoms with Crippen LogP contribution in [0.4, 0.5) is 0 Å². The lowest BCUT2D eigenvalue weighted by atomic mass is 10.2. The summed E-state index contributed by atoms with van der Waals surface area (Å²) in [6.45, 7) is 2.04. The molecule has 84 valence electrons. The highest BCUT2D eigenvalue weighted by Crippen LogP contribution is 2.21. The zero-order valence-corrected chi connectivity index (χ0v) is 10.8. The van der Waals surface area contributed by atoms with Crippen LogP contribution in [0.2, 0.25) is 0 Å². The summed E-state index contributed by atoms with van der Waals surface area (Å²) in [6.07, 6.45) is 1.99. The molecule has 0 unspecified atom stereocenters. The van der Waals surface area contributed by atoms with Gasteiger partial charge in [-0.2, -0.15) is 0 Å². The maximum Gasteiger partial charge on any atom is 0.168 e. The van der Waals surface area contributed by atoms with Crippen LogP contribution in [-0.2, 0) is 0 Å². The number of benzene rings is 1. The minimum atomic E-state index is 0.871. The zero-order valence-electron chi connectivity index (χ0n) is 9.26. The van der Waals surface area contributed by atoms with Crippen LogP contribution in [0.15, 0.2) is 47.1 Å². The van der Waals surface area contributed by atoms with Gasteiger partial charge in [0, 0.05) is 16.2 Å². The van der Waals surface area contributed by atoms with E-state index in [-0.39, 0.29) is 0 Å². The summed E-state index contributed by atoms with van der Waals surface area (Å²) in [5, 5.41) is 8.47. The van der Waals surface area contributed by atoms with Gasteiger partial charge in [0.25, 0.3) is 0 Å². The van der Waals surface area contributed by atoms with Crippen LogP contribution >= 0.6 is 15.9 Å². The van der Waals surface area contributed by atoms with Crippen LogP contribution in [0.1, 0.15) is 5.56 Å². The highest BCUT2D eigenvalue weighted by atomic mass is 79.9. The second kappa shape index (κ2) is 3.96. The first-order chi connectivity index (χ1) is 8.25. The van der Waals surface area contributed by atoms with Crippen molar-refractivity contribution in [1.82, 2.24) is 14.6 Å². The third-order valence-corrected chi connectivity index (χ3v) is 3.26. The zero-order chi connectivity index (χ0) is 11.8. The van der Waals surface area contributed by atoms with Crippen LogP contribution in [0.5, 0.6) is 0 Å². The number of halogens is 1. The molecule has 0 saturated heterocycles. The van der Waals surface area contributed by atoms with Gasteiger partial charge in [-0.1, -0.05) is 34.1 Å².